The van der Waals surface area contributed by atoms with Gasteiger partial charge in [-0.25, -0.2) is 0 Å². The molecule has 15 heavy (non-hydrogen) atoms. The summed E-state index contributed by atoms with van der Waals surface area (Å²) < 4.78 is 5.27. The standard InChI is InChI=1S/C11H21NO3/c1-2-7-15-8-5-11(14)12-6-3-4-10(12)9-13/h10,13H,2-9H2,1H3/t10-/m1/s1. The van der Waals surface area contributed by atoms with Crippen LogP contribution in [0.1, 0.15) is 32.6 Å². The number of hydrogen-bond acceptors (Lipinski definition) is 3. The van der Waals surface area contributed by atoms with Crippen LogP contribution in [-0.2, 0) is 9.53 Å². The molecule has 4 nitrogen and oxygen atoms in total. The van der Waals surface area contributed by atoms with E-state index in [9.17, 15) is 4.79 Å². The summed E-state index contributed by atoms with van der Waals surface area (Å²) in [5.41, 5.74) is 0. The third-order valence-electron chi connectivity index (χ3n) is 2.72. The highest BCUT2D eigenvalue weighted by Gasteiger charge is 2.27. The van der Waals surface area contributed by atoms with E-state index in [0.717, 1.165) is 32.4 Å². The number of amides is 1. The minimum absolute atomic E-state index is 0.0451. The van der Waals surface area contributed by atoms with Crippen LogP contribution in [-0.4, -0.2) is 48.3 Å². The number of rotatable bonds is 6. The van der Waals surface area contributed by atoms with Gasteiger partial charge >= 0.3 is 0 Å². The van der Waals surface area contributed by atoms with Crippen molar-refractivity contribution in [1.29, 1.82) is 0 Å². The van der Waals surface area contributed by atoms with Crippen molar-refractivity contribution in [1.82, 2.24) is 4.90 Å². The Hall–Kier alpha value is -0.610. The third kappa shape index (κ3) is 3.80. The highest BCUT2D eigenvalue weighted by Crippen LogP contribution is 2.17. The fourth-order valence-electron chi connectivity index (χ4n) is 1.90. The molecule has 0 bridgehead atoms. The molecule has 1 saturated heterocycles. The van der Waals surface area contributed by atoms with Gasteiger partial charge in [-0.2, -0.15) is 0 Å². The molecule has 0 aromatic carbocycles. The molecule has 0 aromatic heterocycles. The van der Waals surface area contributed by atoms with Gasteiger partial charge < -0.3 is 14.7 Å². The Kier molecular flexibility index (Phi) is 5.65. The lowest BCUT2D eigenvalue weighted by Gasteiger charge is -2.22. The number of carbonyl (C=O) groups is 1. The first-order valence-electron chi connectivity index (χ1n) is 5.77. The van der Waals surface area contributed by atoms with Crippen LogP contribution in [0.15, 0.2) is 0 Å². The molecule has 0 radical (unpaired) electrons. The Morgan fingerprint density at radius 3 is 3.00 bits per heavy atom. The lowest BCUT2D eigenvalue weighted by Crippen LogP contribution is -2.38. The molecule has 0 aromatic rings. The topological polar surface area (TPSA) is 49.8 Å². The average Bonchev–Trinajstić information content (AvgIpc) is 2.72. The second kappa shape index (κ2) is 6.80. The Bertz CT molecular complexity index is 196. The number of hydrogen-bond donors (Lipinski definition) is 1. The second-order valence-corrected chi connectivity index (χ2v) is 3.93. The van der Waals surface area contributed by atoms with Gasteiger partial charge in [-0.1, -0.05) is 6.92 Å². The monoisotopic (exact) mass is 215 g/mol. The fourth-order valence-corrected chi connectivity index (χ4v) is 1.90. The molecule has 88 valence electrons. The fraction of sp³-hybridized carbons (Fsp3) is 0.909. The Morgan fingerprint density at radius 1 is 1.53 bits per heavy atom. The van der Waals surface area contributed by atoms with Crippen molar-refractivity contribution in [2.75, 3.05) is 26.4 Å². The minimum atomic E-state index is 0.0451. The van der Waals surface area contributed by atoms with Gasteiger partial charge in [0.2, 0.25) is 5.91 Å². The van der Waals surface area contributed by atoms with Gasteiger partial charge in [-0.15, -0.1) is 0 Å². The smallest absolute Gasteiger partial charge is 0.225 e. The number of ether oxygens (including phenoxy) is 1. The van der Waals surface area contributed by atoms with Crippen molar-refractivity contribution in [2.45, 2.75) is 38.6 Å². The molecule has 1 rings (SSSR count). The van der Waals surface area contributed by atoms with Crippen molar-refractivity contribution in [3.05, 3.63) is 0 Å². The number of aliphatic hydroxyl groups excluding tert-OH is 1. The lowest BCUT2D eigenvalue weighted by atomic mass is 10.2. The molecular weight excluding hydrogens is 194 g/mol. The van der Waals surface area contributed by atoms with Crippen molar-refractivity contribution in [3.8, 4) is 0 Å². The van der Waals surface area contributed by atoms with Crippen molar-refractivity contribution in [2.24, 2.45) is 0 Å². The Balaban J connectivity index is 2.21. The van der Waals surface area contributed by atoms with E-state index in [1.807, 2.05) is 6.92 Å². The summed E-state index contributed by atoms with van der Waals surface area (Å²) in [6.45, 7) is 4.14. The van der Waals surface area contributed by atoms with Gasteiger partial charge in [-0.3, -0.25) is 4.79 Å². The highest BCUT2D eigenvalue weighted by molar-refractivity contribution is 5.76. The van der Waals surface area contributed by atoms with Crippen LogP contribution in [0.25, 0.3) is 0 Å². The van der Waals surface area contributed by atoms with Gasteiger partial charge in [-0.05, 0) is 19.3 Å². The molecule has 1 heterocycles. The Morgan fingerprint density at radius 2 is 2.33 bits per heavy atom. The lowest BCUT2D eigenvalue weighted by molar-refractivity contribution is -0.133. The maximum atomic E-state index is 11.7. The number of likely N-dealkylation sites (tertiary alicyclic amines) is 1. The predicted octanol–water partition coefficient (Wildman–Crippen LogP) is 0.786. The van der Waals surface area contributed by atoms with Crippen LogP contribution < -0.4 is 0 Å². The van der Waals surface area contributed by atoms with E-state index >= 15 is 0 Å². The highest BCUT2D eigenvalue weighted by atomic mass is 16.5. The van der Waals surface area contributed by atoms with Crippen molar-refractivity contribution in [3.63, 3.8) is 0 Å². The maximum absolute atomic E-state index is 11.7. The summed E-state index contributed by atoms with van der Waals surface area (Å²) >= 11 is 0. The zero-order chi connectivity index (χ0) is 11.1. The first-order valence-corrected chi connectivity index (χ1v) is 5.77. The van der Waals surface area contributed by atoms with Gasteiger partial charge in [0.05, 0.1) is 25.7 Å². The van der Waals surface area contributed by atoms with Crippen molar-refractivity contribution >= 4 is 5.91 Å². The normalized spacial score (nSPS) is 20.9. The second-order valence-electron chi connectivity index (χ2n) is 3.93. The molecule has 1 aliphatic rings. The van der Waals surface area contributed by atoms with E-state index < -0.39 is 0 Å². The summed E-state index contributed by atoms with van der Waals surface area (Å²) in [6, 6.07) is 0.0451. The predicted molar refractivity (Wildman–Crippen MR) is 57.5 cm³/mol. The van der Waals surface area contributed by atoms with Crippen LogP contribution in [0.4, 0.5) is 0 Å². The van der Waals surface area contributed by atoms with E-state index in [1.54, 1.807) is 4.90 Å². The summed E-state index contributed by atoms with van der Waals surface area (Å²) in [5.74, 6) is 0.114. The van der Waals surface area contributed by atoms with Gasteiger partial charge in [0, 0.05) is 13.2 Å². The molecule has 1 amide bonds. The molecule has 1 atom stereocenters. The largest absolute Gasteiger partial charge is 0.394 e. The zero-order valence-corrected chi connectivity index (χ0v) is 9.45. The first kappa shape index (κ1) is 12.5. The van der Waals surface area contributed by atoms with Crippen LogP contribution in [0.2, 0.25) is 0 Å². The minimum Gasteiger partial charge on any atom is -0.394 e. The molecule has 0 saturated carbocycles. The zero-order valence-electron chi connectivity index (χ0n) is 9.45. The van der Waals surface area contributed by atoms with Gasteiger partial charge in [0.25, 0.3) is 0 Å². The molecular formula is C11H21NO3. The average molecular weight is 215 g/mol. The van der Waals surface area contributed by atoms with E-state index in [0.29, 0.717) is 13.0 Å². The summed E-state index contributed by atoms with van der Waals surface area (Å²) in [5, 5.41) is 9.07. The molecule has 1 N–H and O–H groups in total. The molecule has 0 aliphatic carbocycles. The van der Waals surface area contributed by atoms with E-state index in [2.05, 4.69) is 0 Å². The number of nitrogens with zero attached hydrogens (tertiary/aromatic N) is 1. The molecule has 4 heteroatoms. The molecule has 1 aliphatic heterocycles. The van der Waals surface area contributed by atoms with E-state index in [4.69, 9.17) is 9.84 Å². The van der Waals surface area contributed by atoms with E-state index in [1.165, 1.54) is 0 Å². The van der Waals surface area contributed by atoms with Gasteiger partial charge in [0.1, 0.15) is 0 Å². The number of aliphatic hydroxyl groups is 1. The molecule has 0 spiro atoms. The Labute approximate surface area is 91.2 Å². The molecule has 0 unspecified atom stereocenters. The number of carbonyl (C=O) groups excluding carboxylic acids is 1. The summed E-state index contributed by atoms with van der Waals surface area (Å²) in [4.78, 5) is 13.5. The van der Waals surface area contributed by atoms with Gasteiger partial charge in [0.15, 0.2) is 0 Å². The molecule has 1 fully saturated rings. The first-order chi connectivity index (χ1) is 7.29. The van der Waals surface area contributed by atoms with Crippen LogP contribution in [0.5, 0.6) is 0 Å². The van der Waals surface area contributed by atoms with Crippen LogP contribution >= 0.6 is 0 Å². The van der Waals surface area contributed by atoms with Crippen LogP contribution in [0, 0.1) is 0 Å². The van der Waals surface area contributed by atoms with Crippen molar-refractivity contribution < 1.29 is 14.6 Å². The summed E-state index contributed by atoms with van der Waals surface area (Å²) in [7, 11) is 0. The van der Waals surface area contributed by atoms with Crippen LogP contribution in [0.3, 0.4) is 0 Å². The third-order valence-corrected chi connectivity index (χ3v) is 2.72. The quantitative estimate of drug-likeness (QED) is 0.666. The SMILES string of the molecule is CCCOCCC(=O)N1CCC[C@@H]1CO. The maximum Gasteiger partial charge on any atom is 0.225 e. The van der Waals surface area contributed by atoms with E-state index in [-0.39, 0.29) is 18.6 Å². The summed E-state index contributed by atoms with van der Waals surface area (Å²) in [6.07, 6.45) is 3.36.